The number of nitrogen functional groups attached to an aromatic ring is 1. The quantitative estimate of drug-likeness (QED) is 0.814. The van der Waals surface area contributed by atoms with Crippen LogP contribution < -0.4 is 5.73 Å². The summed E-state index contributed by atoms with van der Waals surface area (Å²) in [5, 5.41) is 0. The highest BCUT2D eigenvalue weighted by Crippen LogP contribution is 2.37. The number of fused-ring (bicyclic) bond motifs is 1. The zero-order valence-electron chi connectivity index (χ0n) is 10.7. The van der Waals surface area contributed by atoms with Crippen molar-refractivity contribution in [2.24, 2.45) is 5.92 Å². The molecule has 0 spiro atoms. The number of benzene rings is 1. The van der Waals surface area contributed by atoms with Crippen LogP contribution in [0.5, 0.6) is 0 Å². The monoisotopic (exact) mass is 248 g/mol. The van der Waals surface area contributed by atoms with Gasteiger partial charge in [-0.05, 0) is 49.4 Å². The lowest BCUT2D eigenvalue weighted by molar-refractivity contribution is 0.176. The van der Waals surface area contributed by atoms with E-state index in [1.807, 2.05) is 6.07 Å². The van der Waals surface area contributed by atoms with Crippen LogP contribution in [0.4, 0.5) is 10.1 Å². The lowest BCUT2D eigenvalue weighted by atomic mass is 9.85. The third-order valence-electron chi connectivity index (χ3n) is 4.61. The van der Waals surface area contributed by atoms with Crippen molar-refractivity contribution in [3.05, 3.63) is 29.6 Å². The minimum absolute atomic E-state index is 0.242. The average molecular weight is 248 g/mol. The third-order valence-corrected chi connectivity index (χ3v) is 4.61. The van der Waals surface area contributed by atoms with Crippen LogP contribution in [-0.4, -0.2) is 17.5 Å². The number of anilines is 1. The predicted molar refractivity (Wildman–Crippen MR) is 71.6 cm³/mol. The van der Waals surface area contributed by atoms with Crippen LogP contribution in [0.1, 0.15) is 37.7 Å². The van der Waals surface area contributed by atoms with Crippen LogP contribution in [0, 0.1) is 11.7 Å². The Balaban J connectivity index is 1.72. The second-order valence-electron chi connectivity index (χ2n) is 5.71. The highest BCUT2D eigenvalue weighted by atomic mass is 19.1. The van der Waals surface area contributed by atoms with E-state index in [4.69, 9.17) is 5.73 Å². The van der Waals surface area contributed by atoms with Gasteiger partial charge in [0, 0.05) is 18.3 Å². The number of nitrogens with two attached hydrogens (primary N) is 1. The minimum Gasteiger partial charge on any atom is -0.398 e. The smallest absolute Gasteiger partial charge is 0.125 e. The zero-order chi connectivity index (χ0) is 12.5. The molecule has 2 unspecified atom stereocenters. The van der Waals surface area contributed by atoms with E-state index in [9.17, 15) is 4.39 Å². The van der Waals surface area contributed by atoms with Crippen LogP contribution in [0.25, 0.3) is 0 Å². The van der Waals surface area contributed by atoms with Gasteiger partial charge in [-0.25, -0.2) is 4.39 Å². The first-order chi connectivity index (χ1) is 8.74. The Morgan fingerprint density at radius 1 is 1.22 bits per heavy atom. The molecule has 1 heterocycles. The Kier molecular flexibility index (Phi) is 3.25. The van der Waals surface area contributed by atoms with Gasteiger partial charge >= 0.3 is 0 Å². The topological polar surface area (TPSA) is 29.3 Å². The summed E-state index contributed by atoms with van der Waals surface area (Å²) in [5.41, 5.74) is 7.56. The molecule has 1 saturated carbocycles. The van der Waals surface area contributed by atoms with Crippen LogP contribution in [0.2, 0.25) is 0 Å². The van der Waals surface area contributed by atoms with Gasteiger partial charge in [0.25, 0.3) is 0 Å². The molecule has 0 bridgehead atoms. The maximum absolute atomic E-state index is 13.0. The van der Waals surface area contributed by atoms with Crippen molar-refractivity contribution in [2.45, 2.75) is 44.7 Å². The maximum atomic E-state index is 13.0. The second kappa shape index (κ2) is 4.88. The molecule has 1 aromatic carbocycles. The van der Waals surface area contributed by atoms with E-state index >= 15 is 0 Å². The van der Waals surface area contributed by atoms with E-state index in [0.717, 1.165) is 24.1 Å². The maximum Gasteiger partial charge on any atom is 0.125 e. The van der Waals surface area contributed by atoms with E-state index in [2.05, 4.69) is 4.90 Å². The van der Waals surface area contributed by atoms with Crippen molar-refractivity contribution in [2.75, 3.05) is 12.3 Å². The summed E-state index contributed by atoms with van der Waals surface area (Å²) in [6.45, 7) is 2.05. The number of nitrogens with zero attached hydrogens (tertiary/aromatic N) is 1. The molecule has 2 aliphatic rings. The van der Waals surface area contributed by atoms with E-state index in [1.165, 1.54) is 50.8 Å². The van der Waals surface area contributed by atoms with Gasteiger partial charge in [0.1, 0.15) is 5.82 Å². The molecule has 2 atom stereocenters. The summed E-state index contributed by atoms with van der Waals surface area (Å²) in [5.74, 6) is 0.647. The Labute approximate surface area is 108 Å². The van der Waals surface area contributed by atoms with Crippen molar-refractivity contribution >= 4 is 5.69 Å². The van der Waals surface area contributed by atoms with Crippen molar-refractivity contribution in [3.63, 3.8) is 0 Å². The molecule has 1 aromatic rings. The van der Waals surface area contributed by atoms with Crippen molar-refractivity contribution in [1.29, 1.82) is 0 Å². The van der Waals surface area contributed by atoms with Gasteiger partial charge in [-0.15, -0.1) is 0 Å². The Morgan fingerprint density at radius 2 is 2.06 bits per heavy atom. The van der Waals surface area contributed by atoms with Gasteiger partial charge in [-0.2, -0.15) is 0 Å². The molecular weight excluding hydrogens is 227 g/mol. The van der Waals surface area contributed by atoms with Crippen LogP contribution in [-0.2, 0) is 6.54 Å². The van der Waals surface area contributed by atoms with E-state index in [1.54, 1.807) is 0 Å². The number of halogens is 1. The molecule has 18 heavy (non-hydrogen) atoms. The fourth-order valence-electron chi connectivity index (χ4n) is 3.63. The van der Waals surface area contributed by atoms with Crippen molar-refractivity contribution in [3.8, 4) is 0 Å². The number of hydrogen-bond donors (Lipinski definition) is 1. The van der Waals surface area contributed by atoms with Crippen LogP contribution in [0.3, 0.4) is 0 Å². The SMILES string of the molecule is Nc1cc(F)ccc1CN1CCC2CCCCC21. The van der Waals surface area contributed by atoms with Crippen molar-refractivity contribution in [1.82, 2.24) is 4.90 Å². The van der Waals surface area contributed by atoms with E-state index < -0.39 is 0 Å². The van der Waals surface area contributed by atoms with Gasteiger partial charge < -0.3 is 5.73 Å². The Hall–Kier alpha value is -1.09. The third kappa shape index (κ3) is 2.24. The second-order valence-corrected chi connectivity index (χ2v) is 5.71. The number of likely N-dealkylation sites (tertiary alicyclic amines) is 1. The molecule has 1 saturated heterocycles. The van der Waals surface area contributed by atoms with E-state index in [0.29, 0.717) is 5.69 Å². The van der Waals surface area contributed by atoms with Gasteiger partial charge in [0.15, 0.2) is 0 Å². The summed E-state index contributed by atoms with van der Waals surface area (Å²) < 4.78 is 13.0. The number of hydrogen-bond acceptors (Lipinski definition) is 2. The largest absolute Gasteiger partial charge is 0.398 e. The lowest BCUT2D eigenvalue weighted by Crippen LogP contribution is -2.34. The fourth-order valence-corrected chi connectivity index (χ4v) is 3.63. The summed E-state index contributed by atoms with van der Waals surface area (Å²) in [4.78, 5) is 2.55. The Morgan fingerprint density at radius 3 is 2.89 bits per heavy atom. The summed E-state index contributed by atoms with van der Waals surface area (Å²) >= 11 is 0. The summed E-state index contributed by atoms with van der Waals surface area (Å²) in [6.07, 6.45) is 6.79. The molecule has 0 amide bonds. The minimum atomic E-state index is -0.242. The van der Waals surface area contributed by atoms with E-state index in [-0.39, 0.29) is 5.82 Å². The molecule has 3 heteroatoms. The molecule has 3 rings (SSSR count). The summed E-state index contributed by atoms with van der Waals surface area (Å²) in [7, 11) is 0. The molecule has 2 nitrogen and oxygen atoms in total. The lowest BCUT2D eigenvalue weighted by Gasteiger charge is -2.32. The average Bonchev–Trinajstić information content (AvgIpc) is 2.76. The first kappa shape index (κ1) is 12.0. The van der Waals surface area contributed by atoms with Gasteiger partial charge in [0.05, 0.1) is 0 Å². The highest BCUT2D eigenvalue weighted by molar-refractivity contribution is 5.46. The zero-order valence-corrected chi connectivity index (χ0v) is 10.7. The molecule has 0 aromatic heterocycles. The standard InChI is InChI=1S/C15H21FN2/c16-13-6-5-12(14(17)9-13)10-18-8-7-11-3-1-2-4-15(11)18/h5-6,9,11,15H,1-4,7-8,10,17H2. The Bertz CT molecular complexity index is 433. The highest BCUT2D eigenvalue weighted by Gasteiger charge is 2.35. The fraction of sp³-hybridized carbons (Fsp3) is 0.600. The van der Waals surface area contributed by atoms with Gasteiger partial charge in [0.2, 0.25) is 0 Å². The molecule has 1 aliphatic carbocycles. The summed E-state index contributed by atoms with van der Waals surface area (Å²) in [6, 6.07) is 5.52. The number of rotatable bonds is 2. The molecular formula is C15H21FN2. The van der Waals surface area contributed by atoms with Crippen molar-refractivity contribution < 1.29 is 4.39 Å². The van der Waals surface area contributed by atoms with Crippen LogP contribution >= 0.6 is 0 Å². The first-order valence-corrected chi connectivity index (χ1v) is 7.02. The molecule has 2 fully saturated rings. The normalized spacial score (nSPS) is 28.3. The molecule has 2 N–H and O–H groups in total. The van der Waals surface area contributed by atoms with Gasteiger partial charge in [-0.3, -0.25) is 4.90 Å². The van der Waals surface area contributed by atoms with Gasteiger partial charge in [-0.1, -0.05) is 18.9 Å². The first-order valence-electron chi connectivity index (χ1n) is 7.02. The van der Waals surface area contributed by atoms with Crippen LogP contribution in [0.15, 0.2) is 18.2 Å². The molecule has 1 aliphatic heterocycles. The predicted octanol–water partition coefficient (Wildman–Crippen LogP) is 3.17. The molecule has 98 valence electrons. The molecule has 0 radical (unpaired) electrons.